The second-order valence-electron chi connectivity index (χ2n) is 5.71. The van der Waals surface area contributed by atoms with Crippen molar-refractivity contribution in [3.63, 3.8) is 0 Å². The average molecular weight is 342 g/mol. The molecule has 1 saturated carbocycles. The molecule has 3 nitrogen and oxygen atoms in total. The number of hydrogen-bond acceptors (Lipinski definition) is 2. The molecule has 0 aromatic heterocycles. The highest BCUT2D eigenvalue weighted by atomic mass is 35.5. The molecule has 0 saturated heterocycles. The van der Waals surface area contributed by atoms with E-state index in [2.05, 4.69) is 18.8 Å². The van der Waals surface area contributed by atoms with E-state index in [1.54, 1.807) is 18.2 Å². The molecule has 2 atom stereocenters. The van der Waals surface area contributed by atoms with Crippen LogP contribution >= 0.6 is 23.2 Å². The van der Waals surface area contributed by atoms with Gasteiger partial charge in [0.15, 0.2) is 5.75 Å². The monoisotopic (exact) mass is 341 g/mol. The number of carbonyl (C=O) groups is 1. The summed E-state index contributed by atoms with van der Waals surface area (Å²) in [7, 11) is 0. The Balaban J connectivity index is 2.11. The SMILES string of the molecule is C=CCOc1c(Cl)cc(C(=O)NC2CCCCC2C)cc1Cl. The van der Waals surface area contributed by atoms with Gasteiger partial charge in [0.2, 0.25) is 0 Å². The van der Waals surface area contributed by atoms with Gasteiger partial charge < -0.3 is 10.1 Å². The van der Waals surface area contributed by atoms with Gasteiger partial charge in [0, 0.05) is 11.6 Å². The van der Waals surface area contributed by atoms with Crippen LogP contribution in [0.15, 0.2) is 24.8 Å². The minimum Gasteiger partial charge on any atom is -0.486 e. The van der Waals surface area contributed by atoms with E-state index in [9.17, 15) is 4.79 Å². The van der Waals surface area contributed by atoms with E-state index >= 15 is 0 Å². The lowest BCUT2D eigenvalue weighted by Crippen LogP contribution is -2.41. The lowest BCUT2D eigenvalue weighted by atomic mass is 9.86. The molecule has 1 aliphatic rings. The molecule has 0 aliphatic heterocycles. The molecule has 0 bridgehead atoms. The van der Waals surface area contributed by atoms with Crippen LogP contribution in [0.3, 0.4) is 0 Å². The molecule has 1 aliphatic carbocycles. The Labute approximate surface area is 141 Å². The van der Waals surface area contributed by atoms with Gasteiger partial charge in [-0.15, -0.1) is 0 Å². The van der Waals surface area contributed by atoms with E-state index < -0.39 is 0 Å². The number of hydrogen-bond donors (Lipinski definition) is 1. The highest BCUT2D eigenvalue weighted by molar-refractivity contribution is 6.37. The van der Waals surface area contributed by atoms with Gasteiger partial charge in [0.05, 0.1) is 10.0 Å². The minimum atomic E-state index is -0.141. The van der Waals surface area contributed by atoms with Crippen molar-refractivity contribution in [2.75, 3.05) is 6.61 Å². The molecule has 120 valence electrons. The highest BCUT2D eigenvalue weighted by Crippen LogP contribution is 2.34. The lowest BCUT2D eigenvalue weighted by Gasteiger charge is -2.29. The molecular formula is C17H21Cl2NO2. The van der Waals surface area contributed by atoms with Crippen molar-refractivity contribution in [1.29, 1.82) is 0 Å². The van der Waals surface area contributed by atoms with E-state index in [0.29, 0.717) is 33.9 Å². The fourth-order valence-electron chi connectivity index (χ4n) is 2.75. The predicted molar refractivity (Wildman–Crippen MR) is 91.0 cm³/mol. The molecule has 1 aromatic carbocycles. The third-order valence-electron chi connectivity index (χ3n) is 4.03. The molecule has 1 aromatic rings. The number of halogens is 2. The lowest BCUT2D eigenvalue weighted by molar-refractivity contribution is 0.0910. The molecule has 5 heteroatoms. The average Bonchev–Trinajstić information content (AvgIpc) is 2.48. The van der Waals surface area contributed by atoms with Crippen LogP contribution in [-0.2, 0) is 0 Å². The van der Waals surface area contributed by atoms with E-state index in [4.69, 9.17) is 27.9 Å². The zero-order chi connectivity index (χ0) is 16.1. The van der Waals surface area contributed by atoms with Gasteiger partial charge >= 0.3 is 0 Å². The third kappa shape index (κ3) is 4.17. The molecule has 2 unspecified atom stereocenters. The fourth-order valence-corrected chi connectivity index (χ4v) is 3.35. The first-order chi connectivity index (χ1) is 10.5. The number of amides is 1. The molecular weight excluding hydrogens is 321 g/mol. The second kappa shape index (κ2) is 7.89. The zero-order valence-electron chi connectivity index (χ0n) is 12.7. The Morgan fingerprint density at radius 2 is 2.00 bits per heavy atom. The van der Waals surface area contributed by atoms with Crippen molar-refractivity contribution in [2.45, 2.75) is 38.6 Å². The number of benzene rings is 1. The van der Waals surface area contributed by atoms with Gasteiger partial charge in [0.1, 0.15) is 6.61 Å². The van der Waals surface area contributed by atoms with Crippen LogP contribution in [0.25, 0.3) is 0 Å². The summed E-state index contributed by atoms with van der Waals surface area (Å²) in [6.07, 6.45) is 6.18. The summed E-state index contributed by atoms with van der Waals surface area (Å²) in [5, 5.41) is 3.75. The standard InChI is InChI=1S/C17H21Cl2NO2/c1-3-8-22-16-13(18)9-12(10-14(16)19)17(21)20-15-7-5-4-6-11(15)2/h3,9-11,15H,1,4-8H2,2H3,(H,20,21). The van der Waals surface area contributed by atoms with E-state index in [-0.39, 0.29) is 11.9 Å². The van der Waals surface area contributed by atoms with Gasteiger partial charge in [-0.3, -0.25) is 4.79 Å². The number of rotatable bonds is 5. The van der Waals surface area contributed by atoms with Crippen LogP contribution in [0.1, 0.15) is 43.0 Å². The first-order valence-electron chi connectivity index (χ1n) is 7.56. The summed E-state index contributed by atoms with van der Waals surface area (Å²) in [4.78, 5) is 12.4. The first-order valence-corrected chi connectivity index (χ1v) is 8.32. The second-order valence-corrected chi connectivity index (χ2v) is 6.52. The molecule has 0 heterocycles. The molecule has 0 radical (unpaired) electrons. The Kier molecular flexibility index (Phi) is 6.16. The van der Waals surface area contributed by atoms with Gasteiger partial charge in [-0.1, -0.05) is 55.6 Å². The maximum Gasteiger partial charge on any atom is 0.251 e. The normalized spacial score (nSPS) is 21.2. The number of nitrogens with one attached hydrogen (secondary N) is 1. The third-order valence-corrected chi connectivity index (χ3v) is 4.60. The van der Waals surface area contributed by atoms with Crippen molar-refractivity contribution in [3.8, 4) is 5.75 Å². The molecule has 2 rings (SSSR count). The summed E-state index contributed by atoms with van der Waals surface area (Å²) < 4.78 is 5.40. The minimum absolute atomic E-state index is 0.141. The predicted octanol–water partition coefficient (Wildman–Crippen LogP) is 4.87. The Morgan fingerprint density at radius 3 is 2.59 bits per heavy atom. The van der Waals surface area contributed by atoms with Crippen molar-refractivity contribution in [3.05, 3.63) is 40.4 Å². The van der Waals surface area contributed by atoms with Gasteiger partial charge in [-0.2, -0.15) is 0 Å². The van der Waals surface area contributed by atoms with Crippen LogP contribution in [0, 0.1) is 5.92 Å². The first kappa shape index (κ1) is 17.2. The molecule has 1 amide bonds. The quantitative estimate of drug-likeness (QED) is 0.776. The Morgan fingerprint density at radius 1 is 1.36 bits per heavy atom. The largest absolute Gasteiger partial charge is 0.486 e. The van der Waals surface area contributed by atoms with Crippen LogP contribution in [0.4, 0.5) is 0 Å². The molecule has 1 fully saturated rings. The summed E-state index contributed by atoms with van der Waals surface area (Å²) in [5.74, 6) is 0.738. The molecule has 0 spiro atoms. The van der Waals surface area contributed by atoms with Crippen LogP contribution in [0.2, 0.25) is 10.0 Å². The summed E-state index contributed by atoms with van der Waals surface area (Å²) in [6.45, 7) is 6.06. The van der Waals surface area contributed by atoms with E-state index in [0.717, 1.165) is 19.3 Å². The zero-order valence-corrected chi connectivity index (χ0v) is 14.2. The van der Waals surface area contributed by atoms with E-state index in [1.165, 1.54) is 6.42 Å². The Bertz CT molecular complexity index is 537. The molecule has 1 N–H and O–H groups in total. The van der Waals surface area contributed by atoms with Gasteiger partial charge in [0.25, 0.3) is 5.91 Å². The topological polar surface area (TPSA) is 38.3 Å². The van der Waals surface area contributed by atoms with Crippen molar-refractivity contribution < 1.29 is 9.53 Å². The number of ether oxygens (including phenoxy) is 1. The summed E-state index contributed by atoms with van der Waals surface area (Å²) in [5.41, 5.74) is 0.457. The van der Waals surface area contributed by atoms with Gasteiger partial charge in [-0.25, -0.2) is 0 Å². The van der Waals surface area contributed by atoms with Gasteiger partial charge in [-0.05, 0) is 30.9 Å². The van der Waals surface area contributed by atoms with Crippen LogP contribution in [0.5, 0.6) is 5.75 Å². The summed E-state index contributed by atoms with van der Waals surface area (Å²) >= 11 is 12.3. The van der Waals surface area contributed by atoms with Crippen molar-refractivity contribution in [2.24, 2.45) is 5.92 Å². The highest BCUT2D eigenvalue weighted by Gasteiger charge is 2.24. The van der Waals surface area contributed by atoms with Crippen LogP contribution < -0.4 is 10.1 Å². The van der Waals surface area contributed by atoms with Crippen LogP contribution in [-0.4, -0.2) is 18.6 Å². The van der Waals surface area contributed by atoms with Crippen molar-refractivity contribution in [1.82, 2.24) is 5.32 Å². The maximum absolute atomic E-state index is 12.4. The smallest absolute Gasteiger partial charge is 0.251 e. The fraction of sp³-hybridized carbons (Fsp3) is 0.471. The molecule has 22 heavy (non-hydrogen) atoms. The summed E-state index contributed by atoms with van der Waals surface area (Å²) in [6, 6.07) is 3.40. The van der Waals surface area contributed by atoms with E-state index in [1.807, 2.05) is 0 Å². The number of carbonyl (C=O) groups excluding carboxylic acids is 1. The maximum atomic E-state index is 12.4. The van der Waals surface area contributed by atoms with Crippen molar-refractivity contribution >= 4 is 29.1 Å². The Hall–Kier alpha value is -1.19.